The van der Waals surface area contributed by atoms with E-state index in [0.717, 1.165) is 9.32 Å². The lowest BCUT2D eigenvalue weighted by Gasteiger charge is -2.15. The van der Waals surface area contributed by atoms with E-state index in [1.165, 1.54) is 0 Å². The molecule has 1 atom stereocenters. The topological polar surface area (TPSA) is 64.4 Å². The summed E-state index contributed by atoms with van der Waals surface area (Å²) in [7, 11) is 0. The highest BCUT2D eigenvalue weighted by Gasteiger charge is 2.08. The molecule has 0 aliphatic heterocycles. The van der Waals surface area contributed by atoms with Crippen molar-refractivity contribution in [1.82, 2.24) is 5.43 Å². The number of carbonyl (C=O) groups is 1. The number of hydrogen-bond donors (Lipinski definition) is 2. The molecule has 0 spiro atoms. The average Bonchev–Trinajstić information content (AvgIpc) is 2.29. The number of hydrazine groups is 1. The lowest BCUT2D eigenvalue weighted by atomic mass is 10.2. The third-order valence-corrected chi connectivity index (χ3v) is 2.99. The molecule has 4 nitrogen and oxygen atoms in total. The zero-order valence-electron chi connectivity index (χ0n) is 9.07. The van der Waals surface area contributed by atoms with E-state index in [1.807, 2.05) is 31.2 Å². The molecule has 1 amide bonds. The summed E-state index contributed by atoms with van der Waals surface area (Å²) in [5, 5.41) is 0. The summed E-state index contributed by atoms with van der Waals surface area (Å²) in [5.41, 5.74) is 2.10. The number of nitrogens with two attached hydrogens (primary N) is 1. The number of hydrogen-bond acceptors (Lipinski definition) is 3. The molecule has 0 aliphatic carbocycles. The van der Waals surface area contributed by atoms with Crippen LogP contribution in [-0.4, -0.2) is 12.0 Å². The van der Waals surface area contributed by atoms with Crippen LogP contribution in [0.5, 0.6) is 5.75 Å². The Balaban J connectivity index is 2.43. The van der Waals surface area contributed by atoms with Crippen molar-refractivity contribution < 1.29 is 9.53 Å². The SMILES string of the molecule is CC(CCC(=O)NN)Oc1ccccc1I. The summed E-state index contributed by atoms with van der Waals surface area (Å²) in [5.74, 6) is 5.68. The van der Waals surface area contributed by atoms with Crippen molar-refractivity contribution in [3.05, 3.63) is 27.8 Å². The van der Waals surface area contributed by atoms with Gasteiger partial charge in [0, 0.05) is 6.42 Å². The number of amides is 1. The zero-order valence-corrected chi connectivity index (χ0v) is 11.2. The Morgan fingerprint density at radius 2 is 2.25 bits per heavy atom. The Labute approximate surface area is 109 Å². The van der Waals surface area contributed by atoms with Gasteiger partial charge in [-0.2, -0.15) is 0 Å². The van der Waals surface area contributed by atoms with Crippen LogP contribution in [-0.2, 0) is 4.79 Å². The Bertz CT molecular complexity index is 358. The number of para-hydroxylation sites is 1. The van der Waals surface area contributed by atoms with Gasteiger partial charge in [0.15, 0.2) is 0 Å². The van der Waals surface area contributed by atoms with Crippen LogP contribution in [0.1, 0.15) is 19.8 Å². The van der Waals surface area contributed by atoms with E-state index in [2.05, 4.69) is 28.0 Å². The summed E-state index contributed by atoms with van der Waals surface area (Å²) in [6.07, 6.45) is 1.02. The number of benzene rings is 1. The molecule has 0 fully saturated rings. The Hall–Kier alpha value is -0.820. The molecule has 0 saturated carbocycles. The van der Waals surface area contributed by atoms with Crippen molar-refractivity contribution in [2.45, 2.75) is 25.9 Å². The lowest BCUT2D eigenvalue weighted by molar-refractivity contribution is -0.121. The minimum absolute atomic E-state index is 0.00628. The maximum Gasteiger partial charge on any atom is 0.234 e. The third-order valence-electron chi connectivity index (χ3n) is 2.10. The van der Waals surface area contributed by atoms with Gasteiger partial charge in [-0.25, -0.2) is 5.84 Å². The van der Waals surface area contributed by atoms with E-state index in [4.69, 9.17) is 10.6 Å². The van der Waals surface area contributed by atoms with Crippen LogP contribution in [0.25, 0.3) is 0 Å². The molecule has 0 aliphatic rings. The summed E-state index contributed by atoms with van der Waals surface area (Å²) in [6, 6.07) is 7.79. The van der Waals surface area contributed by atoms with Gasteiger partial charge in [-0.05, 0) is 48.1 Å². The quantitative estimate of drug-likeness (QED) is 0.374. The highest BCUT2D eigenvalue weighted by Crippen LogP contribution is 2.21. The molecule has 5 heteroatoms. The molecule has 0 aromatic heterocycles. The van der Waals surface area contributed by atoms with E-state index in [0.29, 0.717) is 12.8 Å². The fourth-order valence-corrected chi connectivity index (χ4v) is 1.74. The summed E-state index contributed by atoms with van der Waals surface area (Å²) >= 11 is 2.22. The van der Waals surface area contributed by atoms with Gasteiger partial charge in [0.2, 0.25) is 5.91 Å². The smallest absolute Gasteiger partial charge is 0.234 e. The van der Waals surface area contributed by atoms with Gasteiger partial charge in [0.05, 0.1) is 9.67 Å². The first-order valence-corrected chi connectivity index (χ1v) is 6.12. The third kappa shape index (κ3) is 4.36. The van der Waals surface area contributed by atoms with Crippen LogP contribution in [0.2, 0.25) is 0 Å². The summed E-state index contributed by atoms with van der Waals surface area (Å²) < 4.78 is 6.78. The molecule has 16 heavy (non-hydrogen) atoms. The molecule has 1 aromatic rings. The number of carbonyl (C=O) groups excluding carboxylic acids is 1. The molecule has 88 valence electrons. The van der Waals surface area contributed by atoms with E-state index in [9.17, 15) is 4.79 Å². The molecular formula is C11H15IN2O2. The maximum absolute atomic E-state index is 10.9. The van der Waals surface area contributed by atoms with Crippen molar-refractivity contribution in [2.75, 3.05) is 0 Å². The normalized spacial score (nSPS) is 11.9. The van der Waals surface area contributed by atoms with E-state index < -0.39 is 0 Å². The second kappa shape index (κ2) is 6.70. The Morgan fingerprint density at radius 3 is 2.88 bits per heavy atom. The first-order valence-electron chi connectivity index (χ1n) is 5.04. The van der Waals surface area contributed by atoms with Crippen LogP contribution < -0.4 is 16.0 Å². The van der Waals surface area contributed by atoms with Crippen LogP contribution in [0.3, 0.4) is 0 Å². The van der Waals surface area contributed by atoms with Crippen LogP contribution in [0.15, 0.2) is 24.3 Å². The highest BCUT2D eigenvalue weighted by atomic mass is 127. The van der Waals surface area contributed by atoms with Crippen molar-refractivity contribution in [1.29, 1.82) is 0 Å². The fraction of sp³-hybridized carbons (Fsp3) is 0.364. The molecule has 1 aromatic carbocycles. The fourth-order valence-electron chi connectivity index (χ4n) is 1.22. The molecule has 1 rings (SSSR count). The van der Waals surface area contributed by atoms with Gasteiger partial charge < -0.3 is 4.74 Å². The van der Waals surface area contributed by atoms with Gasteiger partial charge in [-0.15, -0.1) is 0 Å². The van der Waals surface area contributed by atoms with Crippen LogP contribution in [0, 0.1) is 3.57 Å². The van der Waals surface area contributed by atoms with E-state index in [1.54, 1.807) is 0 Å². The second-order valence-corrected chi connectivity index (χ2v) is 4.63. The molecule has 3 N–H and O–H groups in total. The van der Waals surface area contributed by atoms with Crippen molar-refractivity contribution in [3.8, 4) is 5.75 Å². The second-order valence-electron chi connectivity index (χ2n) is 3.47. The average molecular weight is 334 g/mol. The van der Waals surface area contributed by atoms with Crippen molar-refractivity contribution >= 4 is 28.5 Å². The largest absolute Gasteiger partial charge is 0.490 e. The highest BCUT2D eigenvalue weighted by molar-refractivity contribution is 14.1. The molecule has 0 heterocycles. The molecule has 0 saturated heterocycles. The molecule has 0 radical (unpaired) electrons. The lowest BCUT2D eigenvalue weighted by Crippen LogP contribution is -2.30. The monoisotopic (exact) mass is 334 g/mol. The maximum atomic E-state index is 10.9. The number of ether oxygens (including phenoxy) is 1. The van der Waals surface area contributed by atoms with Gasteiger partial charge >= 0.3 is 0 Å². The summed E-state index contributed by atoms with van der Waals surface area (Å²) in [4.78, 5) is 10.9. The van der Waals surface area contributed by atoms with Crippen LogP contribution >= 0.6 is 22.6 Å². The van der Waals surface area contributed by atoms with Gasteiger partial charge in [-0.3, -0.25) is 10.2 Å². The standard InChI is InChI=1S/C11H15IN2O2/c1-8(6-7-11(15)14-13)16-10-5-3-2-4-9(10)12/h2-5,8H,6-7,13H2,1H3,(H,14,15). The predicted octanol–water partition coefficient (Wildman–Crippen LogP) is 1.83. The van der Waals surface area contributed by atoms with Gasteiger partial charge in [0.1, 0.15) is 5.75 Å². The number of nitrogens with one attached hydrogen (secondary N) is 1. The van der Waals surface area contributed by atoms with Gasteiger partial charge in [0.25, 0.3) is 0 Å². The number of rotatable bonds is 5. The first-order chi connectivity index (χ1) is 7.63. The van der Waals surface area contributed by atoms with Gasteiger partial charge in [-0.1, -0.05) is 12.1 Å². The zero-order chi connectivity index (χ0) is 12.0. The van der Waals surface area contributed by atoms with E-state index in [-0.39, 0.29) is 12.0 Å². The van der Waals surface area contributed by atoms with Crippen molar-refractivity contribution in [2.24, 2.45) is 5.84 Å². The minimum atomic E-state index is -0.168. The predicted molar refractivity (Wildman–Crippen MR) is 70.8 cm³/mol. The van der Waals surface area contributed by atoms with Crippen molar-refractivity contribution in [3.63, 3.8) is 0 Å². The minimum Gasteiger partial charge on any atom is -0.490 e. The molecule has 1 unspecified atom stereocenters. The van der Waals surface area contributed by atoms with E-state index >= 15 is 0 Å². The number of halogens is 1. The molecule has 0 bridgehead atoms. The Morgan fingerprint density at radius 1 is 1.56 bits per heavy atom. The first kappa shape index (κ1) is 13.2. The molecular weight excluding hydrogens is 319 g/mol. The summed E-state index contributed by atoms with van der Waals surface area (Å²) in [6.45, 7) is 1.94. The Kier molecular flexibility index (Phi) is 5.54. The van der Waals surface area contributed by atoms with Crippen LogP contribution in [0.4, 0.5) is 0 Å².